The number of nitrogens with two attached hydrogens (primary N) is 1. The molecule has 86 valence electrons. The summed E-state index contributed by atoms with van der Waals surface area (Å²) in [6.45, 7) is 1.75. The van der Waals surface area contributed by atoms with Crippen LogP contribution in [0.15, 0.2) is 23.1 Å². The molecule has 0 saturated heterocycles. The summed E-state index contributed by atoms with van der Waals surface area (Å²) in [5.74, 6) is 0.437. The fourth-order valence-electron chi connectivity index (χ4n) is 1.59. The van der Waals surface area contributed by atoms with E-state index in [9.17, 15) is 9.90 Å². The third kappa shape index (κ3) is 2.21. The minimum absolute atomic E-state index is 0.00932. The molecule has 5 heteroatoms. The highest BCUT2D eigenvalue weighted by Crippen LogP contribution is 2.33. The van der Waals surface area contributed by atoms with Crippen LogP contribution in [0.5, 0.6) is 0 Å². The first-order valence-corrected chi connectivity index (χ1v) is 6.07. The summed E-state index contributed by atoms with van der Waals surface area (Å²) < 4.78 is 0. The van der Waals surface area contributed by atoms with E-state index in [2.05, 4.69) is 5.32 Å². The van der Waals surface area contributed by atoms with Crippen LogP contribution in [-0.4, -0.2) is 22.8 Å². The van der Waals surface area contributed by atoms with Gasteiger partial charge < -0.3 is 16.2 Å². The summed E-state index contributed by atoms with van der Waals surface area (Å²) >= 11 is 1.50. The molecule has 2 rings (SSSR count). The molecule has 4 nitrogen and oxygen atoms in total. The van der Waals surface area contributed by atoms with Crippen molar-refractivity contribution in [3.8, 4) is 0 Å². The van der Waals surface area contributed by atoms with E-state index in [4.69, 9.17) is 5.73 Å². The molecule has 1 aromatic carbocycles. The predicted octanol–water partition coefficient (Wildman–Crippen LogP) is 1.11. The smallest absolute Gasteiger partial charge is 0.234 e. The topological polar surface area (TPSA) is 75.3 Å². The summed E-state index contributed by atoms with van der Waals surface area (Å²) in [7, 11) is 0. The molecule has 1 aliphatic heterocycles. The molecule has 0 aromatic heterocycles. The van der Waals surface area contributed by atoms with Crippen LogP contribution in [0.2, 0.25) is 0 Å². The van der Waals surface area contributed by atoms with Gasteiger partial charge in [-0.2, -0.15) is 0 Å². The Balaban J connectivity index is 2.31. The summed E-state index contributed by atoms with van der Waals surface area (Å²) in [5, 5.41) is 12.6. The van der Waals surface area contributed by atoms with Gasteiger partial charge >= 0.3 is 0 Å². The van der Waals surface area contributed by atoms with Crippen LogP contribution < -0.4 is 11.1 Å². The van der Waals surface area contributed by atoms with Crippen molar-refractivity contribution in [1.82, 2.24) is 0 Å². The molecule has 4 N–H and O–H groups in total. The number of anilines is 1. The molecule has 16 heavy (non-hydrogen) atoms. The molecular weight excluding hydrogens is 224 g/mol. The van der Waals surface area contributed by atoms with Crippen LogP contribution in [0.25, 0.3) is 0 Å². The van der Waals surface area contributed by atoms with Crippen molar-refractivity contribution < 1.29 is 9.90 Å². The average molecular weight is 238 g/mol. The van der Waals surface area contributed by atoms with E-state index in [-0.39, 0.29) is 11.9 Å². The molecule has 0 fully saturated rings. The molecule has 0 aliphatic carbocycles. The summed E-state index contributed by atoms with van der Waals surface area (Å²) in [6, 6.07) is 5.20. The zero-order chi connectivity index (χ0) is 11.7. The average Bonchev–Trinajstić information content (AvgIpc) is 2.26. The number of amides is 1. The van der Waals surface area contributed by atoms with Gasteiger partial charge in [0.05, 0.1) is 17.5 Å². The van der Waals surface area contributed by atoms with E-state index in [1.807, 2.05) is 12.1 Å². The van der Waals surface area contributed by atoms with E-state index < -0.39 is 6.10 Å². The quantitative estimate of drug-likeness (QED) is 0.721. The number of hydrogen-bond acceptors (Lipinski definition) is 4. The Morgan fingerprint density at radius 2 is 2.31 bits per heavy atom. The first-order valence-electron chi connectivity index (χ1n) is 5.08. The van der Waals surface area contributed by atoms with Crippen molar-refractivity contribution >= 4 is 23.4 Å². The normalized spacial score (nSPS) is 18.6. The third-order valence-electron chi connectivity index (χ3n) is 2.48. The Morgan fingerprint density at radius 3 is 3.00 bits per heavy atom. The maximum Gasteiger partial charge on any atom is 0.234 e. The minimum atomic E-state index is -0.700. The van der Waals surface area contributed by atoms with Crippen LogP contribution in [0.1, 0.15) is 18.6 Å². The molecule has 0 bridgehead atoms. The third-order valence-corrected chi connectivity index (χ3v) is 3.55. The second-order valence-electron chi connectivity index (χ2n) is 3.90. The zero-order valence-electron chi connectivity index (χ0n) is 8.93. The van der Waals surface area contributed by atoms with Gasteiger partial charge in [-0.25, -0.2) is 0 Å². The Kier molecular flexibility index (Phi) is 3.18. The van der Waals surface area contributed by atoms with Gasteiger partial charge in [-0.3, -0.25) is 4.79 Å². The molecule has 0 spiro atoms. The number of fused-ring (bicyclic) bond motifs is 1. The van der Waals surface area contributed by atoms with Crippen LogP contribution >= 0.6 is 11.8 Å². The Morgan fingerprint density at radius 1 is 1.56 bits per heavy atom. The number of rotatable bonds is 2. The van der Waals surface area contributed by atoms with Crippen molar-refractivity contribution in [2.24, 2.45) is 5.73 Å². The van der Waals surface area contributed by atoms with Crippen molar-refractivity contribution in [2.75, 3.05) is 11.1 Å². The number of carbonyl (C=O) groups is 1. The van der Waals surface area contributed by atoms with Gasteiger partial charge in [-0.05, 0) is 24.6 Å². The number of nitrogens with one attached hydrogen (secondary N) is 1. The fraction of sp³-hybridized carbons (Fsp3) is 0.364. The minimum Gasteiger partial charge on any atom is -0.387 e. The van der Waals surface area contributed by atoms with Crippen molar-refractivity contribution in [3.05, 3.63) is 23.8 Å². The number of hydrogen-bond donors (Lipinski definition) is 3. The Bertz CT molecular complexity index is 420. The number of aliphatic hydroxyl groups excluding tert-OH is 1. The second-order valence-corrected chi connectivity index (χ2v) is 4.91. The van der Waals surface area contributed by atoms with E-state index in [0.29, 0.717) is 5.75 Å². The highest BCUT2D eigenvalue weighted by Gasteiger charge is 2.18. The molecule has 1 aliphatic rings. The van der Waals surface area contributed by atoms with Gasteiger partial charge in [0.25, 0.3) is 0 Å². The van der Waals surface area contributed by atoms with Gasteiger partial charge in [0.1, 0.15) is 0 Å². The lowest BCUT2D eigenvalue weighted by molar-refractivity contribution is -0.113. The maximum absolute atomic E-state index is 11.2. The zero-order valence-corrected chi connectivity index (χ0v) is 9.75. The fourth-order valence-corrected chi connectivity index (χ4v) is 2.38. The van der Waals surface area contributed by atoms with Crippen LogP contribution in [-0.2, 0) is 4.79 Å². The largest absolute Gasteiger partial charge is 0.387 e. The van der Waals surface area contributed by atoms with E-state index in [1.54, 1.807) is 13.0 Å². The second kappa shape index (κ2) is 4.45. The highest BCUT2D eigenvalue weighted by molar-refractivity contribution is 8.00. The molecular formula is C11H14N2O2S. The lowest BCUT2D eigenvalue weighted by Gasteiger charge is -2.20. The van der Waals surface area contributed by atoms with Crippen LogP contribution in [0.4, 0.5) is 5.69 Å². The first kappa shape index (κ1) is 11.4. The number of benzene rings is 1. The monoisotopic (exact) mass is 238 g/mol. The number of carbonyl (C=O) groups excluding carboxylic acids is 1. The molecule has 1 aromatic rings. The maximum atomic E-state index is 11.2. The van der Waals surface area contributed by atoms with Gasteiger partial charge in [0.15, 0.2) is 0 Å². The molecule has 0 radical (unpaired) electrons. The predicted molar refractivity (Wildman–Crippen MR) is 64.4 cm³/mol. The molecule has 0 saturated carbocycles. The number of aliphatic hydroxyl groups is 1. The van der Waals surface area contributed by atoms with Crippen molar-refractivity contribution in [1.29, 1.82) is 0 Å². The molecule has 1 heterocycles. The van der Waals surface area contributed by atoms with Crippen molar-refractivity contribution in [2.45, 2.75) is 24.0 Å². The van der Waals surface area contributed by atoms with Gasteiger partial charge in [0, 0.05) is 10.9 Å². The summed E-state index contributed by atoms with van der Waals surface area (Å²) in [6.07, 6.45) is -0.700. The van der Waals surface area contributed by atoms with Gasteiger partial charge in [-0.15, -0.1) is 11.8 Å². The highest BCUT2D eigenvalue weighted by atomic mass is 32.2. The summed E-state index contributed by atoms with van der Waals surface area (Å²) in [4.78, 5) is 12.2. The lowest BCUT2D eigenvalue weighted by atomic mass is 10.0. The standard InChI is InChI=1S/C11H14N2O2S/c1-6(12)11(15)7-2-3-9-8(4-7)13-10(14)5-16-9/h2-4,6,11,15H,5,12H2,1H3,(H,13,14). The van der Waals surface area contributed by atoms with Crippen molar-refractivity contribution in [3.63, 3.8) is 0 Å². The van der Waals surface area contributed by atoms with E-state index in [0.717, 1.165) is 16.1 Å². The SMILES string of the molecule is CC(N)C(O)c1ccc2c(c1)NC(=O)CS2. The molecule has 2 atom stereocenters. The molecule has 2 unspecified atom stereocenters. The number of thioether (sulfide) groups is 1. The van der Waals surface area contributed by atoms with E-state index >= 15 is 0 Å². The molecule has 1 amide bonds. The van der Waals surface area contributed by atoms with Crippen LogP contribution in [0.3, 0.4) is 0 Å². The van der Waals surface area contributed by atoms with E-state index in [1.165, 1.54) is 11.8 Å². The Labute approximate surface area is 98.2 Å². The summed E-state index contributed by atoms with van der Waals surface area (Å²) in [5.41, 5.74) is 7.12. The van der Waals surface area contributed by atoms with Gasteiger partial charge in [0.2, 0.25) is 5.91 Å². The Hall–Kier alpha value is -1.04. The van der Waals surface area contributed by atoms with Crippen LogP contribution in [0, 0.1) is 0 Å². The lowest BCUT2D eigenvalue weighted by Crippen LogP contribution is -2.25. The van der Waals surface area contributed by atoms with Gasteiger partial charge in [-0.1, -0.05) is 6.07 Å². The first-order chi connectivity index (χ1) is 7.58.